The Bertz CT molecular complexity index is 1510. The molecule has 0 bridgehead atoms. The van der Waals surface area contributed by atoms with Crippen LogP contribution >= 0.6 is 0 Å². The molecule has 5 heterocycles. The number of nitrogens with zero attached hydrogens (tertiary/aromatic N) is 10. The van der Waals surface area contributed by atoms with Crippen molar-refractivity contribution in [1.82, 2.24) is 50.1 Å². The standard InChI is InChI=1S/C22H17F3N10O2/c23-22(24,25)14-1-4-19(27-8-14)36-11-18-17(9-29-35(18)16-2-3-16)21-30-20(31-37-21)13-5-6-26-15(7-13)10-34-12-28-32-33-34/h1,4-9,12,16H,2-3,10-11H2. The fourth-order valence-corrected chi connectivity index (χ4v) is 3.69. The lowest BCUT2D eigenvalue weighted by molar-refractivity contribution is -0.137. The van der Waals surface area contributed by atoms with Gasteiger partial charge < -0.3 is 9.26 Å². The Balaban J connectivity index is 1.24. The predicted molar refractivity (Wildman–Crippen MR) is 118 cm³/mol. The van der Waals surface area contributed by atoms with Crippen molar-refractivity contribution in [3.8, 4) is 28.7 Å². The van der Waals surface area contributed by atoms with E-state index in [0.29, 0.717) is 34.9 Å². The number of aromatic nitrogens is 10. The molecule has 1 fully saturated rings. The molecule has 0 N–H and O–H groups in total. The van der Waals surface area contributed by atoms with Crippen molar-refractivity contribution in [2.24, 2.45) is 0 Å². The largest absolute Gasteiger partial charge is 0.471 e. The van der Waals surface area contributed by atoms with Gasteiger partial charge in [0.2, 0.25) is 11.7 Å². The van der Waals surface area contributed by atoms with Crippen LogP contribution in [0.2, 0.25) is 0 Å². The summed E-state index contributed by atoms with van der Waals surface area (Å²) in [6.45, 7) is 0.381. The van der Waals surface area contributed by atoms with E-state index in [1.54, 1.807) is 18.5 Å². The molecule has 6 rings (SSSR count). The smallest absolute Gasteiger partial charge is 0.417 e. The van der Waals surface area contributed by atoms with Gasteiger partial charge in [0.05, 0.1) is 41.3 Å². The second-order valence-corrected chi connectivity index (χ2v) is 8.32. The number of pyridine rings is 2. The second kappa shape index (κ2) is 9.07. The van der Waals surface area contributed by atoms with Gasteiger partial charge >= 0.3 is 6.18 Å². The summed E-state index contributed by atoms with van der Waals surface area (Å²) in [7, 11) is 0. The third kappa shape index (κ3) is 4.87. The van der Waals surface area contributed by atoms with Crippen molar-refractivity contribution in [3.05, 3.63) is 66.1 Å². The van der Waals surface area contributed by atoms with Gasteiger partial charge in [0.25, 0.3) is 5.89 Å². The van der Waals surface area contributed by atoms with E-state index >= 15 is 0 Å². The van der Waals surface area contributed by atoms with Crippen molar-refractivity contribution < 1.29 is 22.4 Å². The quantitative estimate of drug-likeness (QED) is 0.306. The maximum Gasteiger partial charge on any atom is 0.417 e. The highest BCUT2D eigenvalue weighted by Gasteiger charge is 2.32. The zero-order chi connectivity index (χ0) is 25.4. The van der Waals surface area contributed by atoms with Crippen molar-refractivity contribution in [1.29, 1.82) is 0 Å². The lowest BCUT2D eigenvalue weighted by atomic mass is 10.2. The van der Waals surface area contributed by atoms with Crippen LogP contribution in [0.5, 0.6) is 5.88 Å². The van der Waals surface area contributed by atoms with Gasteiger partial charge in [0.1, 0.15) is 12.9 Å². The first-order valence-corrected chi connectivity index (χ1v) is 11.2. The highest BCUT2D eigenvalue weighted by molar-refractivity contribution is 5.61. The van der Waals surface area contributed by atoms with Gasteiger partial charge in [0.15, 0.2) is 0 Å². The van der Waals surface area contributed by atoms with E-state index in [1.165, 1.54) is 17.1 Å². The van der Waals surface area contributed by atoms with E-state index in [0.717, 1.165) is 25.1 Å². The lowest BCUT2D eigenvalue weighted by Crippen LogP contribution is -2.09. The van der Waals surface area contributed by atoms with Gasteiger partial charge in [-0.1, -0.05) is 5.16 Å². The number of alkyl halides is 3. The molecular formula is C22H17F3N10O2. The molecule has 12 nitrogen and oxygen atoms in total. The minimum absolute atomic E-state index is 0.00720. The van der Waals surface area contributed by atoms with Crippen LogP contribution in [0, 0.1) is 0 Å². The van der Waals surface area contributed by atoms with Gasteiger partial charge in [-0.2, -0.15) is 23.3 Å². The maximum absolute atomic E-state index is 12.8. The van der Waals surface area contributed by atoms with Gasteiger partial charge in [-0.05, 0) is 41.5 Å². The second-order valence-electron chi connectivity index (χ2n) is 8.32. The van der Waals surface area contributed by atoms with Crippen molar-refractivity contribution in [3.63, 3.8) is 0 Å². The van der Waals surface area contributed by atoms with E-state index in [-0.39, 0.29) is 24.4 Å². The summed E-state index contributed by atoms with van der Waals surface area (Å²) >= 11 is 0. The number of hydrogen-bond donors (Lipinski definition) is 0. The van der Waals surface area contributed by atoms with Gasteiger partial charge in [0, 0.05) is 24.0 Å². The van der Waals surface area contributed by atoms with Crippen molar-refractivity contribution in [2.45, 2.75) is 38.2 Å². The Hall–Kier alpha value is -4.69. The lowest BCUT2D eigenvalue weighted by Gasteiger charge is -2.10. The Labute approximate surface area is 206 Å². The van der Waals surface area contributed by atoms with E-state index in [9.17, 15) is 13.2 Å². The molecule has 0 atom stereocenters. The van der Waals surface area contributed by atoms with Crippen LogP contribution in [-0.4, -0.2) is 50.1 Å². The number of ether oxygens (including phenoxy) is 1. The molecule has 0 saturated heterocycles. The van der Waals surface area contributed by atoms with Crippen LogP contribution < -0.4 is 4.74 Å². The summed E-state index contributed by atoms with van der Waals surface area (Å²) in [6, 6.07) is 5.88. The van der Waals surface area contributed by atoms with E-state index in [4.69, 9.17) is 9.26 Å². The molecule has 1 aliphatic carbocycles. The Morgan fingerprint density at radius 3 is 2.73 bits per heavy atom. The summed E-state index contributed by atoms with van der Waals surface area (Å²) in [5.74, 6) is 0.645. The fourth-order valence-electron chi connectivity index (χ4n) is 3.69. The zero-order valence-electron chi connectivity index (χ0n) is 18.9. The molecular weight excluding hydrogens is 493 g/mol. The molecule has 0 aromatic carbocycles. The molecule has 0 aliphatic heterocycles. The van der Waals surface area contributed by atoms with Crippen LogP contribution in [0.25, 0.3) is 22.8 Å². The van der Waals surface area contributed by atoms with Gasteiger partial charge in [-0.15, -0.1) is 5.10 Å². The Morgan fingerprint density at radius 1 is 1.11 bits per heavy atom. The summed E-state index contributed by atoms with van der Waals surface area (Å²) in [6.07, 6.45) is 2.92. The summed E-state index contributed by atoms with van der Waals surface area (Å²) < 4.78 is 53.1. The molecule has 5 aromatic rings. The Morgan fingerprint density at radius 2 is 2.00 bits per heavy atom. The van der Waals surface area contributed by atoms with Crippen LogP contribution in [0.1, 0.15) is 35.8 Å². The number of rotatable bonds is 8. The first-order valence-electron chi connectivity index (χ1n) is 11.2. The molecule has 0 spiro atoms. The number of tetrazole rings is 1. The van der Waals surface area contributed by atoms with Crippen molar-refractivity contribution >= 4 is 0 Å². The van der Waals surface area contributed by atoms with Crippen LogP contribution in [0.4, 0.5) is 13.2 Å². The summed E-state index contributed by atoms with van der Waals surface area (Å²) in [5.41, 5.74) is 1.78. The summed E-state index contributed by atoms with van der Waals surface area (Å²) in [5, 5.41) is 19.6. The fraction of sp³-hybridized carbons (Fsp3) is 0.273. The average molecular weight is 510 g/mol. The summed E-state index contributed by atoms with van der Waals surface area (Å²) in [4.78, 5) is 12.6. The van der Waals surface area contributed by atoms with Gasteiger partial charge in [-0.3, -0.25) is 9.67 Å². The predicted octanol–water partition coefficient (Wildman–Crippen LogP) is 3.36. The topological polar surface area (TPSA) is 135 Å². The van der Waals surface area contributed by atoms with E-state index < -0.39 is 11.7 Å². The highest BCUT2D eigenvalue weighted by atomic mass is 19.4. The molecule has 1 saturated carbocycles. The minimum atomic E-state index is -4.47. The molecule has 1 aliphatic rings. The molecule has 37 heavy (non-hydrogen) atoms. The molecule has 0 unspecified atom stereocenters. The molecule has 5 aromatic heterocycles. The van der Waals surface area contributed by atoms with Crippen LogP contribution in [0.15, 0.2) is 53.7 Å². The van der Waals surface area contributed by atoms with E-state index in [2.05, 4.69) is 40.7 Å². The number of halogens is 3. The SMILES string of the molecule is FC(F)(F)c1ccc(OCc2c(-c3nc(-c4ccnc(Cn5cnnn5)c4)no3)cnn2C2CC2)nc1. The third-order valence-electron chi connectivity index (χ3n) is 5.66. The maximum atomic E-state index is 12.8. The highest BCUT2D eigenvalue weighted by Crippen LogP contribution is 2.38. The van der Waals surface area contributed by atoms with Crippen LogP contribution in [-0.2, 0) is 19.3 Å². The monoisotopic (exact) mass is 510 g/mol. The van der Waals surface area contributed by atoms with E-state index in [1.807, 2.05) is 10.7 Å². The molecule has 0 amide bonds. The molecule has 0 radical (unpaired) electrons. The minimum Gasteiger partial charge on any atom is -0.471 e. The zero-order valence-corrected chi connectivity index (χ0v) is 18.9. The van der Waals surface area contributed by atoms with Crippen LogP contribution in [0.3, 0.4) is 0 Å². The number of hydrogen-bond acceptors (Lipinski definition) is 10. The molecule has 15 heteroatoms. The van der Waals surface area contributed by atoms with Gasteiger partial charge in [-0.25, -0.2) is 9.67 Å². The first kappa shape index (κ1) is 22.8. The van der Waals surface area contributed by atoms with Crippen molar-refractivity contribution in [2.75, 3.05) is 0 Å². The Kier molecular flexibility index (Phi) is 5.58. The normalized spacial score (nSPS) is 13.7. The third-order valence-corrected chi connectivity index (χ3v) is 5.66. The average Bonchev–Trinajstić information content (AvgIpc) is 3.25. The molecule has 188 valence electrons. The first-order chi connectivity index (χ1) is 17.9.